The van der Waals surface area contributed by atoms with E-state index in [0.29, 0.717) is 17.1 Å². The molecule has 132 valence electrons. The zero-order valence-corrected chi connectivity index (χ0v) is 13.8. The third kappa shape index (κ3) is 3.83. The molecule has 0 saturated carbocycles. The Bertz CT molecular complexity index is 916. The summed E-state index contributed by atoms with van der Waals surface area (Å²) in [5.41, 5.74) is 0.717. The molecule has 0 aliphatic heterocycles. The van der Waals surface area contributed by atoms with Crippen molar-refractivity contribution in [3.8, 4) is 11.4 Å². The molecule has 0 spiro atoms. The molecule has 3 rings (SSSR count). The monoisotopic (exact) mass is 353 g/mol. The average molecular weight is 353 g/mol. The van der Waals surface area contributed by atoms with Crippen molar-refractivity contribution < 1.29 is 18.7 Å². The summed E-state index contributed by atoms with van der Waals surface area (Å²) in [6.45, 7) is -0.423. The molecular formula is C17H15N5O4. The first kappa shape index (κ1) is 17.1. The maximum Gasteiger partial charge on any atom is 0.357 e. The number of ether oxygens (including phenoxy) is 1. The molecule has 1 aromatic carbocycles. The van der Waals surface area contributed by atoms with Gasteiger partial charge in [0.2, 0.25) is 0 Å². The fourth-order valence-electron chi connectivity index (χ4n) is 2.11. The molecule has 0 atom stereocenters. The van der Waals surface area contributed by atoms with Gasteiger partial charge in [-0.15, -0.1) is 5.10 Å². The highest BCUT2D eigenvalue weighted by Gasteiger charge is 2.21. The number of carbonyl (C=O) groups excluding carboxylic acids is 2. The first-order chi connectivity index (χ1) is 12.7. The van der Waals surface area contributed by atoms with Crippen LogP contribution in [0.5, 0.6) is 0 Å². The molecule has 0 unspecified atom stereocenters. The number of hydrogen-bond donors (Lipinski definition) is 1. The Kier molecular flexibility index (Phi) is 5.18. The summed E-state index contributed by atoms with van der Waals surface area (Å²) < 4.78 is 11.5. The summed E-state index contributed by atoms with van der Waals surface area (Å²) >= 11 is 0. The number of esters is 1. The molecule has 2 heterocycles. The van der Waals surface area contributed by atoms with Crippen LogP contribution in [0.4, 0.5) is 0 Å². The van der Waals surface area contributed by atoms with Crippen LogP contribution in [0, 0.1) is 0 Å². The van der Waals surface area contributed by atoms with Gasteiger partial charge in [-0.2, -0.15) is 4.68 Å². The van der Waals surface area contributed by atoms with Crippen LogP contribution in [0.15, 0.2) is 53.1 Å². The molecule has 0 radical (unpaired) electrons. The second kappa shape index (κ2) is 7.88. The van der Waals surface area contributed by atoms with E-state index in [1.807, 2.05) is 30.3 Å². The summed E-state index contributed by atoms with van der Waals surface area (Å²) in [5.74, 6) is -0.447. The standard InChI is InChI=1S/C17H15N5O4/c1-18-15(23)11-26-17(24)14(10-13-8-5-9-25-13)22-16(19-20-21-22)12-6-3-2-4-7-12/h2-10H,11H2,1H3,(H,18,23)/b14-10-. The molecule has 3 aromatic rings. The number of hydrogen-bond acceptors (Lipinski definition) is 7. The van der Waals surface area contributed by atoms with Crippen molar-refractivity contribution in [2.75, 3.05) is 13.7 Å². The Balaban J connectivity index is 1.99. The summed E-state index contributed by atoms with van der Waals surface area (Å²) in [5, 5.41) is 13.9. The van der Waals surface area contributed by atoms with E-state index in [1.165, 1.54) is 24.1 Å². The van der Waals surface area contributed by atoms with Gasteiger partial charge in [-0.05, 0) is 22.6 Å². The number of aromatic nitrogens is 4. The lowest BCUT2D eigenvalue weighted by Crippen LogP contribution is -2.26. The maximum atomic E-state index is 12.5. The molecular weight excluding hydrogens is 338 g/mol. The quantitative estimate of drug-likeness (QED) is 0.524. The number of rotatable bonds is 6. The van der Waals surface area contributed by atoms with E-state index in [-0.39, 0.29) is 5.70 Å². The zero-order chi connectivity index (χ0) is 18.4. The van der Waals surface area contributed by atoms with Gasteiger partial charge < -0.3 is 14.5 Å². The van der Waals surface area contributed by atoms with Gasteiger partial charge in [-0.25, -0.2) is 4.79 Å². The summed E-state index contributed by atoms with van der Waals surface area (Å²) in [6.07, 6.45) is 2.91. The van der Waals surface area contributed by atoms with Crippen LogP contribution < -0.4 is 5.32 Å². The normalized spacial score (nSPS) is 11.2. The van der Waals surface area contributed by atoms with E-state index in [9.17, 15) is 9.59 Å². The molecule has 0 saturated heterocycles. The number of furan rings is 1. The van der Waals surface area contributed by atoms with Crippen molar-refractivity contribution in [1.29, 1.82) is 0 Å². The van der Waals surface area contributed by atoms with Crippen molar-refractivity contribution in [2.45, 2.75) is 0 Å². The van der Waals surface area contributed by atoms with E-state index in [2.05, 4.69) is 20.8 Å². The Hall–Kier alpha value is -3.75. The van der Waals surface area contributed by atoms with Gasteiger partial charge in [-0.3, -0.25) is 4.79 Å². The van der Waals surface area contributed by atoms with Crippen LogP contribution in [0.25, 0.3) is 23.2 Å². The van der Waals surface area contributed by atoms with Crippen LogP contribution >= 0.6 is 0 Å². The summed E-state index contributed by atoms with van der Waals surface area (Å²) in [7, 11) is 1.45. The fourth-order valence-corrected chi connectivity index (χ4v) is 2.11. The number of tetrazole rings is 1. The van der Waals surface area contributed by atoms with E-state index in [4.69, 9.17) is 9.15 Å². The third-order valence-electron chi connectivity index (χ3n) is 3.37. The fraction of sp³-hybridized carbons (Fsp3) is 0.118. The molecule has 9 nitrogen and oxygen atoms in total. The van der Waals surface area contributed by atoms with E-state index in [0.717, 1.165) is 0 Å². The molecule has 0 fully saturated rings. The van der Waals surface area contributed by atoms with Crippen LogP contribution in [0.3, 0.4) is 0 Å². The number of nitrogens with one attached hydrogen (secondary N) is 1. The topological polar surface area (TPSA) is 112 Å². The lowest BCUT2D eigenvalue weighted by molar-refractivity contribution is -0.143. The van der Waals surface area contributed by atoms with Crippen LogP contribution in [0.1, 0.15) is 5.76 Å². The molecule has 1 N–H and O–H groups in total. The lowest BCUT2D eigenvalue weighted by atomic mass is 10.2. The molecule has 0 aliphatic rings. The largest absolute Gasteiger partial charge is 0.465 e. The summed E-state index contributed by atoms with van der Waals surface area (Å²) in [6, 6.07) is 12.5. The molecule has 2 aromatic heterocycles. The van der Waals surface area contributed by atoms with Crippen molar-refractivity contribution in [1.82, 2.24) is 25.5 Å². The zero-order valence-electron chi connectivity index (χ0n) is 13.8. The highest BCUT2D eigenvalue weighted by Crippen LogP contribution is 2.21. The predicted molar refractivity (Wildman–Crippen MR) is 91.2 cm³/mol. The minimum absolute atomic E-state index is 0.00714. The van der Waals surface area contributed by atoms with Gasteiger partial charge in [0.1, 0.15) is 5.76 Å². The average Bonchev–Trinajstić information content (AvgIpc) is 3.36. The molecule has 0 bridgehead atoms. The molecule has 9 heteroatoms. The van der Waals surface area contributed by atoms with Gasteiger partial charge in [-0.1, -0.05) is 30.3 Å². The summed E-state index contributed by atoms with van der Waals surface area (Å²) in [4.78, 5) is 23.9. The van der Waals surface area contributed by atoms with E-state index in [1.54, 1.807) is 12.1 Å². The Labute approximate surface area is 148 Å². The second-order valence-electron chi connectivity index (χ2n) is 5.07. The van der Waals surface area contributed by atoms with Crippen molar-refractivity contribution in [2.24, 2.45) is 0 Å². The van der Waals surface area contributed by atoms with Gasteiger partial charge >= 0.3 is 5.97 Å². The Morgan fingerprint density at radius 2 is 2.04 bits per heavy atom. The minimum atomic E-state index is -0.769. The number of carbonyl (C=O) groups is 2. The molecule has 1 amide bonds. The van der Waals surface area contributed by atoms with Crippen molar-refractivity contribution >= 4 is 23.6 Å². The van der Waals surface area contributed by atoms with Gasteiger partial charge in [0.05, 0.1) is 6.26 Å². The van der Waals surface area contributed by atoms with Crippen molar-refractivity contribution in [3.05, 3.63) is 54.5 Å². The number of likely N-dealkylation sites (N-methyl/N-ethyl adjacent to an activating group) is 1. The smallest absolute Gasteiger partial charge is 0.357 e. The first-order valence-electron chi connectivity index (χ1n) is 7.66. The molecule has 26 heavy (non-hydrogen) atoms. The van der Waals surface area contributed by atoms with Gasteiger partial charge in [0.15, 0.2) is 18.1 Å². The van der Waals surface area contributed by atoms with E-state index < -0.39 is 18.5 Å². The maximum absolute atomic E-state index is 12.5. The number of amides is 1. The lowest BCUT2D eigenvalue weighted by Gasteiger charge is -2.09. The molecule has 0 aliphatic carbocycles. The van der Waals surface area contributed by atoms with Gasteiger partial charge in [0.25, 0.3) is 5.91 Å². The second-order valence-corrected chi connectivity index (χ2v) is 5.07. The number of nitrogens with zero attached hydrogens (tertiary/aromatic N) is 4. The van der Waals surface area contributed by atoms with Crippen LogP contribution in [-0.4, -0.2) is 45.7 Å². The SMILES string of the molecule is CNC(=O)COC(=O)/C(=C/c1ccco1)n1nnnc1-c1ccccc1. The Morgan fingerprint density at radius 3 is 2.73 bits per heavy atom. The minimum Gasteiger partial charge on any atom is -0.465 e. The first-order valence-corrected chi connectivity index (χ1v) is 7.66. The van der Waals surface area contributed by atoms with Crippen LogP contribution in [-0.2, 0) is 14.3 Å². The highest BCUT2D eigenvalue weighted by molar-refractivity contribution is 6.15. The Morgan fingerprint density at radius 1 is 1.23 bits per heavy atom. The van der Waals surface area contributed by atoms with Crippen molar-refractivity contribution in [3.63, 3.8) is 0 Å². The highest BCUT2D eigenvalue weighted by atomic mass is 16.5. The van der Waals surface area contributed by atoms with E-state index >= 15 is 0 Å². The predicted octanol–water partition coefficient (Wildman–Crippen LogP) is 1.22. The number of benzene rings is 1. The third-order valence-corrected chi connectivity index (χ3v) is 3.37. The van der Waals surface area contributed by atoms with Gasteiger partial charge in [0, 0.05) is 18.7 Å². The van der Waals surface area contributed by atoms with Crippen LogP contribution in [0.2, 0.25) is 0 Å².